The number of nitrogens with zero attached hydrogens (tertiary/aromatic N) is 5. The highest BCUT2D eigenvalue weighted by Crippen LogP contribution is 2.28. The molecular formula is C24H29N5O2. The summed E-state index contributed by atoms with van der Waals surface area (Å²) in [6, 6.07) is 11.8. The maximum atomic E-state index is 13.1. The number of carbonyl (C=O) groups excluding carboxylic acids is 1. The minimum atomic E-state index is 0.0714. The van der Waals surface area contributed by atoms with Crippen molar-refractivity contribution in [1.29, 1.82) is 0 Å². The highest BCUT2D eigenvalue weighted by molar-refractivity contribution is 5.94. The largest absolute Gasteiger partial charge is 0.354 e. The molecule has 0 atom stereocenters. The Morgan fingerprint density at radius 2 is 1.81 bits per heavy atom. The summed E-state index contributed by atoms with van der Waals surface area (Å²) < 4.78 is 5.37. The second kappa shape index (κ2) is 8.49. The first-order valence-electron chi connectivity index (χ1n) is 10.7. The summed E-state index contributed by atoms with van der Waals surface area (Å²) in [7, 11) is 0. The van der Waals surface area contributed by atoms with Gasteiger partial charge in [-0.05, 0) is 48.6 Å². The number of rotatable bonds is 3. The van der Waals surface area contributed by atoms with Crippen molar-refractivity contribution >= 4 is 11.7 Å². The summed E-state index contributed by atoms with van der Waals surface area (Å²) in [5.41, 5.74) is 2.86. The van der Waals surface area contributed by atoms with Crippen LogP contribution in [-0.4, -0.2) is 52.1 Å². The molecule has 1 aromatic carbocycles. The number of anilines is 1. The smallest absolute Gasteiger partial charge is 0.261 e. The molecule has 31 heavy (non-hydrogen) atoms. The van der Waals surface area contributed by atoms with E-state index < -0.39 is 0 Å². The first-order valence-corrected chi connectivity index (χ1v) is 10.7. The van der Waals surface area contributed by atoms with Gasteiger partial charge < -0.3 is 14.3 Å². The summed E-state index contributed by atoms with van der Waals surface area (Å²) in [5, 5.41) is 3.90. The van der Waals surface area contributed by atoms with Crippen molar-refractivity contribution in [1.82, 2.24) is 20.0 Å². The van der Waals surface area contributed by atoms with Gasteiger partial charge in [0.2, 0.25) is 0 Å². The maximum Gasteiger partial charge on any atom is 0.261 e. The third kappa shape index (κ3) is 4.60. The van der Waals surface area contributed by atoms with Gasteiger partial charge in [0.05, 0.1) is 5.56 Å². The first kappa shape index (κ1) is 21.0. The van der Waals surface area contributed by atoms with E-state index in [1.165, 1.54) is 5.56 Å². The molecule has 3 aromatic rings. The molecule has 7 nitrogen and oxygen atoms in total. The number of hydrogen-bond acceptors (Lipinski definition) is 6. The van der Waals surface area contributed by atoms with Crippen molar-refractivity contribution in [3.8, 4) is 11.5 Å². The third-order valence-electron chi connectivity index (χ3n) is 5.63. The van der Waals surface area contributed by atoms with Crippen LogP contribution in [-0.2, 0) is 5.41 Å². The first-order chi connectivity index (χ1) is 14.8. The zero-order valence-corrected chi connectivity index (χ0v) is 18.6. The predicted octanol–water partition coefficient (Wildman–Crippen LogP) is 4.09. The number of aryl methyl sites for hydroxylation is 1. The lowest BCUT2D eigenvalue weighted by Crippen LogP contribution is -2.35. The number of hydrogen-bond donors (Lipinski definition) is 0. The van der Waals surface area contributed by atoms with Crippen molar-refractivity contribution in [3.05, 3.63) is 59.5 Å². The molecule has 3 heterocycles. The van der Waals surface area contributed by atoms with E-state index >= 15 is 0 Å². The van der Waals surface area contributed by atoms with Gasteiger partial charge in [0.1, 0.15) is 5.82 Å². The standard InChI is InChI=1S/C24H29N5O2/c1-17-26-22(31-27-17)20-7-5-12-25-21(20)28-13-6-14-29(16-15-28)23(30)18-8-10-19(11-9-18)24(2,3)4/h5,7-12H,6,13-16H2,1-4H3. The van der Waals surface area contributed by atoms with Crippen LogP contribution in [0, 0.1) is 6.92 Å². The number of aromatic nitrogens is 3. The molecule has 1 fully saturated rings. The van der Waals surface area contributed by atoms with Gasteiger partial charge in [-0.1, -0.05) is 38.1 Å². The average Bonchev–Trinajstić information content (AvgIpc) is 3.04. The van der Waals surface area contributed by atoms with E-state index in [0.29, 0.717) is 24.8 Å². The number of amides is 1. The highest BCUT2D eigenvalue weighted by Gasteiger charge is 2.24. The van der Waals surface area contributed by atoms with Gasteiger partial charge in [-0.25, -0.2) is 4.98 Å². The normalized spacial score (nSPS) is 15.1. The van der Waals surface area contributed by atoms with E-state index in [1.54, 1.807) is 13.1 Å². The maximum absolute atomic E-state index is 13.1. The van der Waals surface area contributed by atoms with Crippen LogP contribution in [0.15, 0.2) is 47.1 Å². The van der Waals surface area contributed by atoms with Crippen molar-refractivity contribution in [2.24, 2.45) is 0 Å². The Morgan fingerprint density at radius 1 is 1.03 bits per heavy atom. The Hall–Kier alpha value is -3.22. The molecule has 1 aliphatic rings. The number of benzene rings is 1. The van der Waals surface area contributed by atoms with Crippen LogP contribution in [0.1, 0.15) is 48.9 Å². The fourth-order valence-electron chi connectivity index (χ4n) is 3.85. The second-order valence-corrected chi connectivity index (χ2v) is 8.98. The Balaban J connectivity index is 1.49. The lowest BCUT2D eigenvalue weighted by Gasteiger charge is -2.24. The minimum absolute atomic E-state index is 0.0714. The molecule has 0 aliphatic carbocycles. The quantitative estimate of drug-likeness (QED) is 0.636. The monoisotopic (exact) mass is 419 g/mol. The lowest BCUT2D eigenvalue weighted by atomic mass is 9.86. The average molecular weight is 420 g/mol. The summed E-state index contributed by atoms with van der Waals surface area (Å²) >= 11 is 0. The SMILES string of the molecule is Cc1noc(-c2cccnc2N2CCCN(C(=O)c3ccc(C(C)(C)C)cc3)CC2)n1. The van der Waals surface area contributed by atoms with Crippen LogP contribution in [0.2, 0.25) is 0 Å². The molecule has 0 bridgehead atoms. The Labute approximate surface area is 183 Å². The summed E-state index contributed by atoms with van der Waals surface area (Å²) in [5.74, 6) is 1.96. The van der Waals surface area contributed by atoms with E-state index in [4.69, 9.17) is 4.52 Å². The predicted molar refractivity (Wildman–Crippen MR) is 120 cm³/mol. The Morgan fingerprint density at radius 3 is 2.48 bits per heavy atom. The molecule has 1 saturated heterocycles. The summed E-state index contributed by atoms with van der Waals surface area (Å²) in [6.45, 7) is 11.2. The minimum Gasteiger partial charge on any atom is -0.354 e. The topological polar surface area (TPSA) is 75.4 Å². The van der Waals surface area contributed by atoms with Gasteiger partial charge in [-0.15, -0.1) is 0 Å². The van der Waals surface area contributed by atoms with E-state index in [-0.39, 0.29) is 11.3 Å². The van der Waals surface area contributed by atoms with E-state index in [1.807, 2.05) is 29.2 Å². The molecule has 7 heteroatoms. The van der Waals surface area contributed by atoms with Crippen molar-refractivity contribution < 1.29 is 9.32 Å². The van der Waals surface area contributed by atoms with Gasteiger partial charge in [0, 0.05) is 37.9 Å². The van der Waals surface area contributed by atoms with Gasteiger partial charge in [-0.2, -0.15) is 4.98 Å². The second-order valence-electron chi connectivity index (χ2n) is 8.98. The Kier molecular flexibility index (Phi) is 5.76. The molecule has 4 rings (SSSR count). The number of carbonyl (C=O) groups is 1. The van der Waals surface area contributed by atoms with Gasteiger partial charge >= 0.3 is 0 Å². The van der Waals surface area contributed by atoms with Crippen molar-refractivity contribution in [3.63, 3.8) is 0 Å². The highest BCUT2D eigenvalue weighted by atomic mass is 16.5. The zero-order valence-electron chi connectivity index (χ0n) is 18.6. The molecule has 0 spiro atoms. The van der Waals surface area contributed by atoms with Gasteiger partial charge in [0.25, 0.3) is 11.8 Å². The Bertz CT molecular complexity index is 1050. The lowest BCUT2D eigenvalue weighted by molar-refractivity contribution is 0.0767. The molecule has 2 aromatic heterocycles. The fourth-order valence-corrected chi connectivity index (χ4v) is 3.85. The van der Waals surface area contributed by atoms with E-state index in [2.05, 4.69) is 52.9 Å². The molecule has 162 valence electrons. The van der Waals surface area contributed by atoms with Gasteiger partial charge in [-0.3, -0.25) is 4.79 Å². The summed E-state index contributed by atoms with van der Waals surface area (Å²) in [6.07, 6.45) is 2.64. The molecule has 0 N–H and O–H groups in total. The van der Waals surface area contributed by atoms with Crippen LogP contribution in [0.25, 0.3) is 11.5 Å². The van der Waals surface area contributed by atoms with E-state index in [0.717, 1.165) is 36.5 Å². The van der Waals surface area contributed by atoms with E-state index in [9.17, 15) is 4.79 Å². The molecule has 1 amide bonds. The molecule has 0 saturated carbocycles. The molecule has 0 radical (unpaired) electrons. The molecule has 1 aliphatic heterocycles. The van der Waals surface area contributed by atoms with Crippen molar-refractivity contribution in [2.75, 3.05) is 31.1 Å². The number of pyridine rings is 1. The van der Waals surface area contributed by atoms with Crippen LogP contribution in [0.5, 0.6) is 0 Å². The van der Waals surface area contributed by atoms with Crippen molar-refractivity contribution in [2.45, 2.75) is 39.5 Å². The van der Waals surface area contributed by atoms with Gasteiger partial charge in [0.15, 0.2) is 5.82 Å². The third-order valence-corrected chi connectivity index (χ3v) is 5.63. The van der Waals surface area contributed by atoms with Crippen LogP contribution in [0.4, 0.5) is 5.82 Å². The zero-order chi connectivity index (χ0) is 22.0. The van der Waals surface area contributed by atoms with Crippen LogP contribution < -0.4 is 4.90 Å². The fraction of sp³-hybridized carbons (Fsp3) is 0.417. The summed E-state index contributed by atoms with van der Waals surface area (Å²) in [4.78, 5) is 26.2. The molecule has 0 unspecified atom stereocenters. The molecular weight excluding hydrogens is 390 g/mol. The van der Waals surface area contributed by atoms with Crippen LogP contribution >= 0.6 is 0 Å². The van der Waals surface area contributed by atoms with Crippen LogP contribution in [0.3, 0.4) is 0 Å².